The van der Waals surface area contributed by atoms with Crippen LogP contribution in [0.2, 0.25) is 0 Å². The average Bonchev–Trinajstić information content (AvgIpc) is 3.17. The first-order valence-electron chi connectivity index (χ1n) is 9.33. The van der Waals surface area contributed by atoms with Crippen molar-refractivity contribution in [3.63, 3.8) is 0 Å². The van der Waals surface area contributed by atoms with Crippen LogP contribution in [-0.2, 0) is 14.9 Å². The summed E-state index contributed by atoms with van der Waals surface area (Å²) < 4.78 is 16.3. The lowest BCUT2D eigenvalue weighted by Gasteiger charge is -2.27. The Hall–Kier alpha value is -1.06. The lowest BCUT2D eigenvalue weighted by molar-refractivity contribution is 0.0420. The first kappa shape index (κ1) is 24.0. The van der Waals surface area contributed by atoms with Gasteiger partial charge in [-0.1, -0.05) is 26.0 Å². The predicted octanol–water partition coefficient (Wildman–Crippen LogP) is 2.95. The third-order valence-corrected chi connectivity index (χ3v) is 4.65. The van der Waals surface area contributed by atoms with Crippen molar-refractivity contribution in [3.8, 4) is 5.75 Å². The summed E-state index contributed by atoms with van der Waals surface area (Å²) >= 11 is 0. The standard InChI is InChI=1S/C20H33N3O3.HI/c1-20(2,16-6-8-17(24-4)9-7-16)15-23-19(21-3)22-11-5-12-26-18-10-13-25-14-18;/h6-9,18H,5,10-15H2,1-4H3,(H2,21,22,23);1H. The highest BCUT2D eigenvalue weighted by Crippen LogP contribution is 2.24. The summed E-state index contributed by atoms with van der Waals surface area (Å²) in [6.07, 6.45) is 2.23. The van der Waals surface area contributed by atoms with Gasteiger partial charge < -0.3 is 24.8 Å². The molecule has 1 saturated heterocycles. The third-order valence-electron chi connectivity index (χ3n) is 4.65. The van der Waals surface area contributed by atoms with Gasteiger partial charge in [0, 0.05) is 38.8 Å². The van der Waals surface area contributed by atoms with Crippen molar-refractivity contribution < 1.29 is 14.2 Å². The Kier molecular flexibility index (Phi) is 11.0. The zero-order valence-corrected chi connectivity index (χ0v) is 19.2. The topological polar surface area (TPSA) is 64.1 Å². The van der Waals surface area contributed by atoms with Crippen LogP contribution in [0.3, 0.4) is 0 Å². The fraction of sp³-hybridized carbons (Fsp3) is 0.650. The van der Waals surface area contributed by atoms with Crippen molar-refractivity contribution in [3.05, 3.63) is 29.8 Å². The smallest absolute Gasteiger partial charge is 0.191 e. The van der Waals surface area contributed by atoms with Crippen molar-refractivity contribution >= 4 is 29.9 Å². The Morgan fingerprint density at radius 1 is 1.26 bits per heavy atom. The van der Waals surface area contributed by atoms with E-state index in [1.54, 1.807) is 14.2 Å². The maximum Gasteiger partial charge on any atom is 0.191 e. The van der Waals surface area contributed by atoms with Gasteiger partial charge in [-0.2, -0.15) is 0 Å². The predicted molar refractivity (Wildman–Crippen MR) is 121 cm³/mol. The minimum Gasteiger partial charge on any atom is -0.497 e. The normalized spacial score (nSPS) is 17.3. The van der Waals surface area contributed by atoms with E-state index in [2.05, 4.69) is 41.6 Å². The van der Waals surface area contributed by atoms with Gasteiger partial charge in [0.25, 0.3) is 0 Å². The molecule has 0 aromatic heterocycles. The molecule has 1 aliphatic heterocycles. The Morgan fingerprint density at radius 2 is 2.00 bits per heavy atom. The largest absolute Gasteiger partial charge is 0.497 e. The Balaban J connectivity index is 0.00000364. The van der Waals surface area contributed by atoms with Crippen LogP contribution in [-0.4, -0.2) is 59.1 Å². The number of nitrogens with zero attached hydrogens (tertiary/aromatic N) is 1. The summed E-state index contributed by atoms with van der Waals surface area (Å²) in [6, 6.07) is 8.22. The van der Waals surface area contributed by atoms with Gasteiger partial charge in [0.1, 0.15) is 5.75 Å². The number of halogens is 1. The molecule has 2 rings (SSSR count). The zero-order valence-electron chi connectivity index (χ0n) is 16.9. The molecular weight excluding hydrogens is 457 g/mol. The molecule has 7 heteroatoms. The summed E-state index contributed by atoms with van der Waals surface area (Å²) in [5, 5.41) is 6.76. The van der Waals surface area contributed by atoms with Crippen LogP contribution in [0, 0.1) is 0 Å². The number of nitrogens with one attached hydrogen (secondary N) is 2. The number of guanidine groups is 1. The van der Waals surface area contributed by atoms with Gasteiger partial charge in [-0.3, -0.25) is 4.99 Å². The minimum absolute atomic E-state index is 0. The van der Waals surface area contributed by atoms with Gasteiger partial charge in [-0.25, -0.2) is 0 Å². The molecule has 1 atom stereocenters. The molecule has 0 saturated carbocycles. The molecule has 1 unspecified atom stereocenters. The summed E-state index contributed by atoms with van der Waals surface area (Å²) in [5.41, 5.74) is 1.24. The maximum absolute atomic E-state index is 5.77. The van der Waals surface area contributed by atoms with E-state index in [4.69, 9.17) is 14.2 Å². The summed E-state index contributed by atoms with van der Waals surface area (Å²) in [7, 11) is 3.48. The highest BCUT2D eigenvalue weighted by atomic mass is 127. The molecule has 27 heavy (non-hydrogen) atoms. The fourth-order valence-electron chi connectivity index (χ4n) is 2.84. The molecule has 0 bridgehead atoms. The van der Waals surface area contributed by atoms with Gasteiger partial charge >= 0.3 is 0 Å². The van der Waals surface area contributed by atoms with Crippen molar-refractivity contribution in [1.29, 1.82) is 0 Å². The van der Waals surface area contributed by atoms with Crippen molar-refractivity contribution in [2.75, 3.05) is 47.1 Å². The van der Waals surface area contributed by atoms with Crippen LogP contribution in [0.15, 0.2) is 29.3 Å². The van der Waals surface area contributed by atoms with Crippen molar-refractivity contribution in [1.82, 2.24) is 10.6 Å². The van der Waals surface area contributed by atoms with E-state index in [9.17, 15) is 0 Å². The molecule has 1 aromatic rings. The molecule has 0 radical (unpaired) electrons. The Bertz CT molecular complexity index is 558. The van der Waals surface area contributed by atoms with Crippen LogP contribution in [0.1, 0.15) is 32.3 Å². The second-order valence-electron chi connectivity index (χ2n) is 7.17. The molecule has 2 N–H and O–H groups in total. The van der Waals surface area contributed by atoms with Crippen molar-refractivity contribution in [2.45, 2.75) is 38.2 Å². The number of ether oxygens (including phenoxy) is 3. The van der Waals surface area contributed by atoms with Crippen molar-refractivity contribution in [2.24, 2.45) is 4.99 Å². The molecule has 154 valence electrons. The van der Waals surface area contributed by atoms with E-state index < -0.39 is 0 Å². The van der Waals surface area contributed by atoms with Crippen LogP contribution in [0.25, 0.3) is 0 Å². The quantitative estimate of drug-likeness (QED) is 0.241. The van der Waals surface area contributed by atoms with E-state index in [-0.39, 0.29) is 35.5 Å². The number of hydrogen-bond donors (Lipinski definition) is 2. The molecular formula is C20H34IN3O3. The highest BCUT2D eigenvalue weighted by molar-refractivity contribution is 14.0. The molecule has 1 fully saturated rings. The van der Waals surface area contributed by atoms with E-state index in [1.807, 2.05) is 12.1 Å². The Morgan fingerprint density at radius 3 is 2.59 bits per heavy atom. The van der Waals surface area contributed by atoms with Gasteiger partial charge in [0.05, 0.1) is 19.8 Å². The number of hydrogen-bond acceptors (Lipinski definition) is 4. The number of aliphatic imine (C=N–C) groups is 1. The fourth-order valence-corrected chi connectivity index (χ4v) is 2.84. The van der Waals surface area contributed by atoms with Gasteiger partial charge in [-0.15, -0.1) is 24.0 Å². The second-order valence-corrected chi connectivity index (χ2v) is 7.17. The first-order chi connectivity index (χ1) is 12.5. The van der Waals surface area contributed by atoms with Gasteiger partial charge in [0.2, 0.25) is 0 Å². The second kappa shape index (κ2) is 12.4. The number of rotatable bonds is 9. The highest BCUT2D eigenvalue weighted by Gasteiger charge is 2.21. The monoisotopic (exact) mass is 491 g/mol. The van der Waals surface area contributed by atoms with E-state index in [0.717, 1.165) is 57.5 Å². The lowest BCUT2D eigenvalue weighted by atomic mass is 9.84. The van der Waals surface area contributed by atoms with Gasteiger partial charge in [0.15, 0.2) is 5.96 Å². The van der Waals surface area contributed by atoms with Crippen LogP contribution < -0.4 is 15.4 Å². The summed E-state index contributed by atoms with van der Waals surface area (Å²) in [4.78, 5) is 4.30. The summed E-state index contributed by atoms with van der Waals surface area (Å²) in [6.45, 7) is 8.35. The number of benzene rings is 1. The molecule has 6 nitrogen and oxygen atoms in total. The summed E-state index contributed by atoms with van der Waals surface area (Å²) in [5.74, 6) is 1.69. The van der Waals surface area contributed by atoms with E-state index >= 15 is 0 Å². The first-order valence-corrected chi connectivity index (χ1v) is 9.33. The molecule has 1 aliphatic rings. The minimum atomic E-state index is -0.0184. The van der Waals surface area contributed by atoms with E-state index in [1.165, 1.54) is 5.56 Å². The lowest BCUT2D eigenvalue weighted by Crippen LogP contribution is -2.43. The van der Waals surface area contributed by atoms with Crippen LogP contribution in [0.5, 0.6) is 5.75 Å². The molecule has 0 aliphatic carbocycles. The van der Waals surface area contributed by atoms with Crippen LogP contribution in [0.4, 0.5) is 0 Å². The maximum atomic E-state index is 5.77. The van der Waals surface area contributed by atoms with E-state index in [0.29, 0.717) is 0 Å². The Labute approximate surface area is 180 Å². The number of methoxy groups -OCH3 is 1. The molecule has 0 amide bonds. The van der Waals surface area contributed by atoms with Gasteiger partial charge in [-0.05, 0) is 30.5 Å². The third kappa shape index (κ3) is 8.23. The van der Waals surface area contributed by atoms with Crippen LogP contribution >= 0.6 is 24.0 Å². The molecule has 1 aromatic carbocycles. The SMILES string of the molecule is CN=C(NCCCOC1CCOC1)NCC(C)(C)c1ccc(OC)cc1.I. The average molecular weight is 491 g/mol. The zero-order chi connectivity index (χ0) is 18.8. The molecule has 0 spiro atoms. The molecule has 1 heterocycles.